The van der Waals surface area contributed by atoms with Gasteiger partial charge in [0.1, 0.15) is 0 Å². The normalized spacial score (nSPS) is 10.4. The van der Waals surface area contributed by atoms with Crippen molar-refractivity contribution in [2.24, 2.45) is 0 Å². The van der Waals surface area contributed by atoms with E-state index in [1.807, 2.05) is 14.1 Å². The first kappa shape index (κ1) is 5.65. The van der Waals surface area contributed by atoms with Crippen LogP contribution in [-0.2, 0) is 0 Å². The van der Waals surface area contributed by atoms with Gasteiger partial charge in [-0.3, -0.25) is 0 Å². The minimum atomic E-state index is -0.619. The Hall–Kier alpha value is 0.650. The third kappa shape index (κ3) is 4.65. The van der Waals surface area contributed by atoms with E-state index in [-0.39, 0.29) is 0 Å². The number of rotatable bonds is 1. The van der Waals surface area contributed by atoms with Gasteiger partial charge in [-0.25, -0.2) is 0 Å². The van der Waals surface area contributed by atoms with Crippen molar-refractivity contribution in [2.75, 3.05) is 14.1 Å². The number of hydrogen-bond donors (Lipinski definition) is 1. The molecule has 0 rings (SSSR count). The Kier molecular flexibility index (Phi) is 3.24. The van der Waals surface area contributed by atoms with Crippen molar-refractivity contribution in [3.63, 3.8) is 0 Å². The zero-order chi connectivity index (χ0) is 4.28. The van der Waals surface area contributed by atoms with Gasteiger partial charge in [0.25, 0.3) is 0 Å². The first-order chi connectivity index (χ1) is 2.27. The summed E-state index contributed by atoms with van der Waals surface area (Å²) in [5, 5.41) is 0. The summed E-state index contributed by atoms with van der Waals surface area (Å²) < 4.78 is 9.97. The van der Waals surface area contributed by atoms with Gasteiger partial charge in [-0.2, -0.15) is 0 Å². The summed E-state index contributed by atoms with van der Waals surface area (Å²) in [7, 11) is 3.71. The third-order valence-electron chi connectivity index (χ3n) is 0.151. The van der Waals surface area contributed by atoms with Crippen molar-refractivity contribution in [3.8, 4) is 0 Å². The summed E-state index contributed by atoms with van der Waals surface area (Å²) in [5.74, 6) is 0. The summed E-state index contributed by atoms with van der Waals surface area (Å²) >= 11 is -0.619. The molecular formula is C2H7INO-. The molecule has 1 N–H and O–H groups in total. The van der Waals surface area contributed by atoms with E-state index in [1.165, 1.54) is 0 Å². The number of hydrogen-bond acceptors (Lipinski definition) is 2. The first-order valence-corrected chi connectivity index (χ1v) is 3.16. The van der Waals surface area contributed by atoms with E-state index in [9.17, 15) is 0 Å². The quantitative estimate of drug-likeness (QED) is 0.340. The Bertz CT molecular complexity index is 23.6. The van der Waals surface area contributed by atoms with Gasteiger partial charge in [-0.1, -0.05) is 0 Å². The van der Waals surface area contributed by atoms with Crippen LogP contribution in [0.2, 0.25) is 0 Å². The van der Waals surface area contributed by atoms with Crippen LogP contribution in [0.15, 0.2) is 0 Å². The second-order valence-corrected chi connectivity index (χ2v) is 3.22. The molecule has 0 atom stereocenters. The molecule has 5 heavy (non-hydrogen) atoms. The monoisotopic (exact) mass is 188 g/mol. The van der Waals surface area contributed by atoms with E-state index in [2.05, 4.69) is 0 Å². The fourth-order valence-corrected chi connectivity index (χ4v) is 0. The van der Waals surface area contributed by atoms with Crippen molar-refractivity contribution >= 4 is 0 Å². The molecule has 3 heteroatoms. The molecular weight excluding hydrogens is 181 g/mol. The van der Waals surface area contributed by atoms with Gasteiger partial charge < -0.3 is 0 Å². The van der Waals surface area contributed by atoms with Crippen LogP contribution in [0.25, 0.3) is 0 Å². The third-order valence-corrected chi connectivity index (χ3v) is 1.01. The van der Waals surface area contributed by atoms with Crippen molar-refractivity contribution in [1.82, 2.24) is 3.11 Å². The Morgan fingerprint density at radius 3 is 1.80 bits per heavy atom. The minimum absolute atomic E-state index is 0.619. The molecule has 0 saturated heterocycles. The average molecular weight is 188 g/mol. The van der Waals surface area contributed by atoms with Crippen LogP contribution < -0.4 is 21.9 Å². The van der Waals surface area contributed by atoms with E-state index >= 15 is 0 Å². The van der Waals surface area contributed by atoms with Gasteiger partial charge in [0.05, 0.1) is 0 Å². The summed E-state index contributed by atoms with van der Waals surface area (Å²) in [6, 6.07) is 0. The van der Waals surface area contributed by atoms with Crippen molar-refractivity contribution in [3.05, 3.63) is 0 Å². The van der Waals surface area contributed by atoms with Crippen molar-refractivity contribution in [1.29, 1.82) is 0 Å². The van der Waals surface area contributed by atoms with E-state index in [4.69, 9.17) is 3.44 Å². The molecule has 0 radical (unpaired) electrons. The Morgan fingerprint density at radius 2 is 1.80 bits per heavy atom. The maximum atomic E-state index is 8.18. The standard InChI is InChI=1S/C2H7INO/c1-4(2)3-5/h5H,1-2H3/q-1. The molecule has 0 heterocycles. The number of nitrogens with zero attached hydrogens (tertiary/aromatic N) is 1. The van der Waals surface area contributed by atoms with Crippen LogP contribution in [0.3, 0.4) is 0 Å². The van der Waals surface area contributed by atoms with Gasteiger partial charge in [0.2, 0.25) is 0 Å². The van der Waals surface area contributed by atoms with E-state index < -0.39 is 21.9 Å². The molecule has 34 valence electrons. The van der Waals surface area contributed by atoms with Crippen LogP contribution in [0.1, 0.15) is 0 Å². The van der Waals surface area contributed by atoms with Crippen LogP contribution in [0.5, 0.6) is 0 Å². The Labute approximate surface area is 43.0 Å². The molecule has 0 amide bonds. The van der Waals surface area contributed by atoms with Crippen LogP contribution in [-0.4, -0.2) is 20.6 Å². The van der Waals surface area contributed by atoms with Crippen molar-refractivity contribution in [2.45, 2.75) is 0 Å². The fraction of sp³-hybridized carbons (Fsp3) is 1.00. The molecule has 0 aromatic rings. The van der Waals surface area contributed by atoms with Crippen LogP contribution >= 0.6 is 0 Å². The van der Waals surface area contributed by atoms with Crippen molar-refractivity contribution < 1.29 is 25.3 Å². The molecule has 0 saturated carbocycles. The molecule has 0 aliphatic heterocycles. The molecule has 0 unspecified atom stereocenters. The molecule has 0 aliphatic carbocycles. The fourth-order valence-electron chi connectivity index (χ4n) is 0. The SMILES string of the molecule is CN(C)[I-]O. The van der Waals surface area contributed by atoms with E-state index in [0.717, 1.165) is 0 Å². The first-order valence-electron chi connectivity index (χ1n) is 1.23. The van der Waals surface area contributed by atoms with Gasteiger partial charge in [-0.05, 0) is 0 Å². The summed E-state index contributed by atoms with van der Waals surface area (Å²) in [6.07, 6.45) is 0. The summed E-state index contributed by atoms with van der Waals surface area (Å²) in [6.45, 7) is 0. The summed E-state index contributed by atoms with van der Waals surface area (Å²) in [5.41, 5.74) is 0. The van der Waals surface area contributed by atoms with Gasteiger partial charge in [-0.15, -0.1) is 0 Å². The van der Waals surface area contributed by atoms with Crippen LogP contribution in [0.4, 0.5) is 0 Å². The molecule has 0 aliphatic rings. The van der Waals surface area contributed by atoms with Gasteiger partial charge >= 0.3 is 42.5 Å². The van der Waals surface area contributed by atoms with Gasteiger partial charge in [0.15, 0.2) is 0 Å². The molecule has 0 aromatic heterocycles. The predicted octanol–water partition coefficient (Wildman–Crippen LogP) is -3.54. The predicted molar refractivity (Wildman–Crippen MR) is 15.9 cm³/mol. The molecule has 0 aromatic carbocycles. The van der Waals surface area contributed by atoms with E-state index in [1.54, 1.807) is 3.11 Å². The second-order valence-electron chi connectivity index (χ2n) is 0.861. The Balaban J connectivity index is 2.54. The summed E-state index contributed by atoms with van der Waals surface area (Å²) in [4.78, 5) is 0. The molecule has 0 spiro atoms. The molecule has 2 nitrogen and oxygen atoms in total. The zero-order valence-corrected chi connectivity index (χ0v) is 5.43. The maximum absolute atomic E-state index is 8.18. The zero-order valence-electron chi connectivity index (χ0n) is 3.27. The topological polar surface area (TPSA) is 23.5 Å². The average Bonchev–Trinajstić information content (AvgIpc) is 1.38. The van der Waals surface area contributed by atoms with E-state index in [0.29, 0.717) is 0 Å². The van der Waals surface area contributed by atoms with Crippen LogP contribution in [0, 0.1) is 0 Å². The molecule has 0 fully saturated rings. The number of halogens is 1. The second kappa shape index (κ2) is 2.87. The molecule has 0 bridgehead atoms. The van der Waals surface area contributed by atoms with Gasteiger partial charge in [0, 0.05) is 0 Å². The Morgan fingerprint density at radius 1 is 1.60 bits per heavy atom.